The van der Waals surface area contributed by atoms with Gasteiger partial charge in [0.15, 0.2) is 0 Å². The van der Waals surface area contributed by atoms with Crippen LogP contribution in [0.15, 0.2) is 54.1 Å². The lowest BCUT2D eigenvalue weighted by Gasteiger charge is -2.41. The van der Waals surface area contributed by atoms with Crippen molar-refractivity contribution in [3.8, 4) is 11.1 Å². The summed E-state index contributed by atoms with van der Waals surface area (Å²) in [6.07, 6.45) is 1.29. The topological polar surface area (TPSA) is 83.7 Å². The second-order valence-electron chi connectivity index (χ2n) is 7.02. The van der Waals surface area contributed by atoms with Crippen LogP contribution in [-0.4, -0.2) is 47.2 Å². The monoisotopic (exact) mass is 445 g/mol. The summed E-state index contributed by atoms with van der Waals surface area (Å²) in [5, 5.41) is 0.486. The van der Waals surface area contributed by atoms with E-state index in [1.54, 1.807) is 40.1 Å². The molecule has 8 heteroatoms. The van der Waals surface area contributed by atoms with Gasteiger partial charge in [0.2, 0.25) is 17.7 Å². The van der Waals surface area contributed by atoms with Crippen molar-refractivity contribution in [2.75, 3.05) is 19.6 Å². The van der Waals surface area contributed by atoms with E-state index in [1.807, 2.05) is 12.1 Å². The molecule has 2 aromatic carbocycles. The first-order valence-electron chi connectivity index (χ1n) is 9.33. The highest BCUT2D eigenvalue weighted by molar-refractivity contribution is 6.31. The molecule has 1 aliphatic rings. The number of carbonyl (C=O) groups excluding carboxylic acids is 3. The molecule has 0 aliphatic carbocycles. The van der Waals surface area contributed by atoms with E-state index < -0.39 is 5.91 Å². The smallest absolute Gasteiger partial charge is 0.248 e. The van der Waals surface area contributed by atoms with Crippen molar-refractivity contribution in [2.24, 2.45) is 5.73 Å². The van der Waals surface area contributed by atoms with Gasteiger partial charge in [0, 0.05) is 48.8 Å². The largest absolute Gasteiger partial charge is 0.366 e. The minimum absolute atomic E-state index is 0.0859. The molecule has 0 spiro atoms. The summed E-state index contributed by atoms with van der Waals surface area (Å²) in [4.78, 5) is 39.4. The number of rotatable bonds is 4. The van der Waals surface area contributed by atoms with Crippen molar-refractivity contribution >= 4 is 40.9 Å². The molecular weight excluding hydrogens is 425 g/mol. The average molecular weight is 446 g/mol. The quantitative estimate of drug-likeness (QED) is 0.729. The molecule has 6 nitrogen and oxygen atoms in total. The number of nitrogens with zero attached hydrogens (tertiary/aromatic N) is 2. The summed E-state index contributed by atoms with van der Waals surface area (Å²) >= 11 is 11.9. The second-order valence-corrected chi connectivity index (χ2v) is 7.71. The molecule has 1 aliphatic heterocycles. The lowest BCUT2D eigenvalue weighted by molar-refractivity contribution is -0.139. The van der Waals surface area contributed by atoms with Crippen LogP contribution in [0.1, 0.15) is 28.9 Å². The highest BCUT2D eigenvalue weighted by Gasteiger charge is 2.32. The number of primary amides is 1. The molecule has 1 atom stereocenters. The van der Waals surface area contributed by atoms with Crippen LogP contribution in [0.2, 0.25) is 5.02 Å². The van der Waals surface area contributed by atoms with Crippen LogP contribution in [0.25, 0.3) is 11.1 Å². The SMILES string of the molecule is CC(=O)N1CCN(C(=O)/C=C\Cl)C[C@H]1c1cc(Cl)cc(-c2cccc(C(N)=O)c2)c1. The number of benzene rings is 2. The maximum atomic E-state index is 12.3. The van der Waals surface area contributed by atoms with Crippen molar-refractivity contribution in [3.05, 3.63) is 70.2 Å². The minimum atomic E-state index is -0.518. The number of halogens is 2. The van der Waals surface area contributed by atoms with E-state index in [1.165, 1.54) is 18.5 Å². The Kier molecular flexibility index (Phi) is 6.80. The predicted molar refractivity (Wildman–Crippen MR) is 117 cm³/mol. The van der Waals surface area contributed by atoms with Gasteiger partial charge in [-0.3, -0.25) is 14.4 Å². The second kappa shape index (κ2) is 9.32. The van der Waals surface area contributed by atoms with Crippen LogP contribution in [0.3, 0.4) is 0 Å². The fraction of sp³-hybridized carbons (Fsp3) is 0.227. The molecule has 3 amide bonds. The first-order valence-corrected chi connectivity index (χ1v) is 10.1. The first-order chi connectivity index (χ1) is 14.3. The maximum Gasteiger partial charge on any atom is 0.248 e. The van der Waals surface area contributed by atoms with Gasteiger partial charge in [-0.2, -0.15) is 0 Å². The molecule has 1 fully saturated rings. The van der Waals surface area contributed by atoms with Crippen molar-refractivity contribution < 1.29 is 14.4 Å². The van der Waals surface area contributed by atoms with E-state index >= 15 is 0 Å². The zero-order valence-electron chi connectivity index (χ0n) is 16.3. The number of piperazine rings is 1. The normalized spacial score (nSPS) is 16.7. The third-order valence-corrected chi connectivity index (χ3v) is 5.43. The van der Waals surface area contributed by atoms with E-state index in [2.05, 4.69) is 0 Å². The molecule has 1 saturated heterocycles. The minimum Gasteiger partial charge on any atom is -0.366 e. The molecule has 2 N–H and O–H groups in total. The summed E-state index contributed by atoms with van der Waals surface area (Å²) in [5.74, 6) is -0.817. The lowest BCUT2D eigenvalue weighted by atomic mass is 9.96. The van der Waals surface area contributed by atoms with Crippen molar-refractivity contribution in [2.45, 2.75) is 13.0 Å². The van der Waals surface area contributed by atoms with Gasteiger partial charge >= 0.3 is 0 Å². The highest BCUT2D eigenvalue weighted by Crippen LogP contribution is 2.32. The first kappa shape index (κ1) is 21.9. The predicted octanol–water partition coefficient (Wildman–Crippen LogP) is 3.59. The molecule has 0 aromatic heterocycles. The Morgan fingerprint density at radius 2 is 1.87 bits per heavy atom. The van der Waals surface area contributed by atoms with E-state index in [0.717, 1.165) is 16.7 Å². The van der Waals surface area contributed by atoms with Crippen molar-refractivity contribution in [1.82, 2.24) is 9.80 Å². The van der Waals surface area contributed by atoms with Gasteiger partial charge in [-0.15, -0.1) is 0 Å². The van der Waals surface area contributed by atoms with Crippen molar-refractivity contribution in [3.63, 3.8) is 0 Å². The summed E-state index contributed by atoms with van der Waals surface area (Å²) in [6.45, 7) is 2.65. The Morgan fingerprint density at radius 3 is 2.53 bits per heavy atom. The van der Waals surface area contributed by atoms with Gasteiger partial charge in [-0.05, 0) is 47.0 Å². The van der Waals surface area contributed by atoms with Gasteiger partial charge in [0.1, 0.15) is 0 Å². The van der Waals surface area contributed by atoms with Gasteiger partial charge in [-0.25, -0.2) is 0 Å². The molecule has 0 unspecified atom stereocenters. The Morgan fingerprint density at radius 1 is 1.10 bits per heavy atom. The average Bonchev–Trinajstić information content (AvgIpc) is 2.73. The molecule has 2 aromatic rings. The molecular formula is C22H21Cl2N3O3. The zero-order valence-corrected chi connectivity index (χ0v) is 17.9. The molecule has 3 rings (SSSR count). The molecule has 0 bridgehead atoms. The Hall–Kier alpha value is -2.83. The Balaban J connectivity index is 2.01. The van der Waals surface area contributed by atoms with Crippen molar-refractivity contribution in [1.29, 1.82) is 0 Å². The summed E-state index contributed by atoms with van der Waals surface area (Å²) in [5.41, 5.74) is 9.32. The maximum absolute atomic E-state index is 12.3. The number of nitrogens with two attached hydrogens (primary N) is 1. The van der Waals surface area contributed by atoms with Crippen LogP contribution in [0, 0.1) is 0 Å². The summed E-state index contributed by atoms with van der Waals surface area (Å²) in [6, 6.07) is 12.1. The van der Waals surface area contributed by atoms with E-state index in [0.29, 0.717) is 30.2 Å². The van der Waals surface area contributed by atoms with E-state index in [-0.39, 0.29) is 17.9 Å². The molecule has 0 radical (unpaired) electrons. The number of hydrogen-bond donors (Lipinski definition) is 1. The lowest BCUT2D eigenvalue weighted by Crippen LogP contribution is -2.51. The third kappa shape index (κ3) is 4.83. The van der Waals surface area contributed by atoms with Crippen LogP contribution >= 0.6 is 23.2 Å². The fourth-order valence-corrected chi connectivity index (χ4v) is 3.98. The summed E-state index contributed by atoms with van der Waals surface area (Å²) in [7, 11) is 0. The molecule has 156 valence electrons. The van der Waals surface area contributed by atoms with Gasteiger partial charge in [0.05, 0.1) is 6.04 Å². The Labute approximate surface area is 184 Å². The van der Waals surface area contributed by atoms with Gasteiger partial charge in [0.25, 0.3) is 0 Å². The third-order valence-electron chi connectivity index (χ3n) is 5.09. The van der Waals surface area contributed by atoms with Crippen LogP contribution in [0.5, 0.6) is 0 Å². The molecule has 30 heavy (non-hydrogen) atoms. The number of amides is 3. The number of hydrogen-bond acceptors (Lipinski definition) is 3. The van der Waals surface area contributed by atoms with Crippen LogP contribution < -0.4 is 5.73 Å². The van der Waals surface area contributed by atoms with Gasteiger partial charge in [-0.1, -0.05) is 35.3 Å². The zero-order chi connectivity index (χ0) is 21.8. The standard InChI is InChI=1S/C22H21Cl2N3O3/c1-14(28)27-8-7-26(21(29)5-6-23)13-20(27)18-10-17(11-19(24)12-18)15-3-2-4-16(9-15)22(25)30/h2-6,9-12,20H,7-8,13H2,1H3,(H2,25,30)/b6-5-/t20-/m0/s1. The van der Waals surface area contributed by atoms with E-state index in [9.17, 15) is 14.4 Å². The fourth-order valence-electron chi connectivity index (χ4n) is 3.63. The van der Waals surface area contributed by atoms with Crippen LogP contribution in [0.4, 0.5) is 0 Å². The summed E-state index contributed by atoms with van der Waals surface area (Å²) < 4.78 is 0. The van der Waals surface area contributed by atoms with Crippen LogP contribution in [-0.2, 0) is 9.59 Å². The number of carbonyl (C=O) groups is 3. The Bertz CT molecular complexity index is 1020. The molecule has 0 saturated carbocycles. The van der Waals surface area contributed by atoms with Gasteiger partial charge < -0.3 is 15.5 Å². The highest BCUT2D eigenvalue weighted by atomic mass is 35.5. The molecule has 1 heterocycles. The van der Waals surface area contributed by atoms with E-state index in [4.69, 9.17) is 28.9 Å².